The second kappa shape index (κ2) is 10.3. The first kappa shape index (κ1) is 20.4. The molecular weight excluding hydrogens is 352 g/mol. The standard InChI is InChI=1S/C23H30N2O3/c1-2-14-24(15-6-10-19-8-4-3-5-9-19)22(26)20-12-16-25(17-13-20)23(27)21-11-7-18-28-21/h3-5,8-9,20-21H,2,7,11-18H2,1H3/t21-/m0/s1. The number of hydrogen-bond donors (Lipinski definition) is 0. The highest BCUT2D eigenvalue weighted by atomic mass is 16.5. The van der Waals surface area contributed by atoms with Crippen molar-refractivity contribution in [3.05, 3.63) is 35.9 Å². The minimum Gasteiger partial charge on any atom is -0.368 e. The molecule has 0 N–H and O–H groups in total. The topological polar surface area (TPSA) is 49.9 Å². The predicted molar refractivity (Wildman–Crippen MR) is 108 cm³/mol. The third-order valence-corrected chi connectivity index (χ3v) is 5.44. The van der Waals surface area contributed by atoms with E-state index in [0.29, 0.717) is 26.2 Å². The summed E-state index contributed by atoms with van der Waals surface area (Å²) in [5.41, 5.74) is 0.965. The molecule has 3 rings (SSSR count). The van der Waals surface area contributed by atoms with Gasteiger partial charge in [0.2, 0.25) is 5.91 Å². The van der Waals surface area contributed by atoms with E-state index in [4.69, 9.17) is 4.74 Å². The van der Waals surface area contributed by atoms with Crippen LogP contribution in [0.5, 0.6) is 0 Å². The number of likely N-dealkylation sites (tertiary alicyclic amines) is 1. The lowest BCUT2D eigenvalue weighted by atomic mass is 9.94. The summed E-state index contributed by atoms with van der Waals surface area (Å²) in [6.45, 7) is 5.22. The Morgan fingerprint density at radius 1 is 1.18 bits per heavy atom. The van der Waals surface area contributed by atoms with Gasteiger partial charge in [0.25, 0.3) is 5.91 Å². The van der Waals surface area contributed by atoms with Gasteiger partial charge in [-0.25, -0.2) is 0 Å². The highest BCUT2D eigenvalue weighted by Gasteiger charge is 2.33. The summed E-state index contributed by atoms with van der Waals surface area (Å²) in [5, 5.41) is 0. The summed E-state index contributed by atoms with van der Waals surface area (Å²) >= 11 is 0. The predicted octanol–water partition coefficient (Wildman–Crippen LogP) is 2.69. The normalized spacial score (nSPS) is 19.8. The summed E-state index contributed by atoms with van der Waals surface area (Å²) in [4.78, 5) is 29.2. The van der Waals surface area contributed by atoms with Crippen LogP contribution in [0.2, 0.25) is 0 Å². The number of benzene rings is 1. The first-order valence-electron chi connectivity index (χ1n) is 10.4. The van der Waals surface area contributed by atoms with Crippen LogP contribution in [0.25, 0.3) is 0 Å². The molecule has 150 valence electrons. The van der Waals surface area contributed by atoms with Crippen molar-refractivity contribution in [1.82, 2.24) is 9.80 Å². The zero-order valence-corrected chi connectivity index (χ0v) is 16.7. The summed E-state index contributed by atoms with van der Waals surface area (Å²) in [6.07, 6.45) is 3.88. The maximum absolute atomic E-state index is 13.0. The van der Waals surface area contributed by atoms with Gasteiger partial charge in [-0.2, -0.15) is 0 Å². The molecule has 0 radical (unpaired) electrons. The quantitative estimate of drug-likeness (QED) is 0.736. The van der Waals surface area contributed by atoms with Crippen LogP contribution in [0.1, 0.15) is 44.6 Å². The van der Waals surface area contributed by atoms with Crippen molar-refractivity contribution in [1.29, 1.82) is 0 Å². The highest BCUT2D eigenvalue weighted by Crippen LogP contribution is 2.23. The van der Waals surface area contributed by atoms with E-state index in [2.05, 4.69) is 18.8 Å². The molecule has 2 aliphatic rings. The molecule has 2 aliphatic heterocycles. The molecule has 5 heteroatoms. The van der Waals surface area contributed by atoms with E-state index >= 15 is 0 Å². The van der Waals surface area contributed by atoms with Gasteiger partial charge >= 0.3 is 0 Å². The molecule has 1 atom stereocenters. The van der Waals surface area contributed by atoms with Gasteiger partial charge in [-0.3, -0.25) is 9.59 Å². The molecule has 2 fully saturated rings. The number of ether oxygens (including phenoxy) is 1. The molecule has 0 saturated carbocycles. The Hall–Kier alpha value is -2.32. The average molecular weight is 383 g/mol. The van der Waals surface area contributed by atoms with Crippen molar-refractivity contribution in [3.8, 4) is 11.8 Å². The van der Waals surface area contributed by atoms with Crippen molar-refractivity contribution in [2.24, 2.45) is 5.92 Å². The first-order valence-corrected chi connectivity index (χ1v) is 10.4. The van der Waals surface area contributed by atoms with Crippen LogP contribution in [-0.4, -0.2) is 60.5 Å². The van der Waals surface area contributed by atoms with Gasteiger partial charge in [0.05, 0.1) is 6.54 Å². The molecule has 5 nitrogen and oxygen atoms in total. The summed E-state index contributed by atoms with van der Waals surface area (Å²) in [5.74, 6) is 6.54. The Bertz CT molecular complexity index is 708. The van der Waals surface area contributed by atoms with Crippen LogP contribution in [-0.2, 0) is 14.3 Å². The molecule has 0 unspecified atom stereocenters. The third-order valence-electron chi connectivity index (χ3n) is 5.44. The number of piperidine rings is 1. The lowest BCUT2D eigenvalue weighted by molar-refractivity contribution is -0.145. The van der Waals surface area contributed by atoms with Gasteiger partial charge in [0.15, 0.2) is 0 Å². The van der Waals surface area contributed by atoms with E-state index in [9.17, 15) is 9.59 Å². The fourth-order valence-corrected chi connectivity index (χ4v) is 3.88. The molecule has 1 aromatic carbocycles. The summed E-state index contributed by atoms with van der Waals surface area (Å²) in [7, 11) is 0. The number of amides is 2. The Balaban J connectivity index is 1.52. The van der Waals surface area contributed by atoms with E-state index in [-0.39, 0.29) is 23.8 Å². The Morgan fingerprint density at radius 3 is 2.57 bits per heavy atom. The maximum atomic E-state index is 13.0. The largest absolute Gasteiger partial charge is 0.368 e. The highest BCUT2D eigenvalue weighted by molar-refractivity contribution is 5.82. The van der Waals surface area contributed by atoms with Crippen LogP contribution >= 0.6 is 0 Å². The first-order chi connectivity index (χ1) is 13.7. The second-order valence-corrected chi connectivity index (χ2v) is 7.53. The van der Waals surface area contributed by atoms with Crippen molar-refractivity contribution in [3.63, 3.8) is 0 Å². The summed E-state index contributed by atoms with van der Waals surface area (Å²) in [6, 6.07) is 9.84. The fourth-order valence-electron chi connectivity index (χ4n) is 3.88. The molecular formula is C23H30N2O3. The molecule has 1 aromatic rings. The lowest BCUT2D eigenvalue weighted by Crippen LogP contribution is -2.47. The van der Waals surface area contributed by atoms with Crippen molar-refractivity contribution >= 4 is 11.8 Å². The van der Waals surface area contributed by atoms with Gasteiger partial charge in [0, 0.05) is 37.7 Å². The Labute approximate surface area is 168 Å². The minimum absolute atomic E-state index is 0.0152. The smallest absolute Gasteiger partial charge is 0.251 e. The molecule has 2 heterocycles. The zero-order chi connectivity index (χ0) is 19.8. The van der Waals surface area contributed by atoms with Crippen LogP contribution in [0.15, 0.2) is 30.3 Å². The molecule has 0 bridgehead atoms. The van der Waals surface area contributed by atoms with Crippen LogP contribution in [0.4, 0.5) is 0 Å². The number of rotatable bonds is 5. The molecule has 28 heavy (non-hydrogen) atoms. The van der Waals surface area contributed by atoms with Crippen molar-refractivity contribution < 1.29 is 14.3 Å². The number of hydrogen-bond acceptors (Lipinski definition) is 3. The van der Waals surface area contributed by atoms with Gasteiger partial charge in [-0.15, -0.1) is 0 Å². The zero-order valence-electron chi connectivity index (χ0n) is 16.7. The molecule has 0 aromatic heterocycles. The Morgan fingerprint density at radius 2 is 1.93 bits per heavy atom. The van der Waals surface area contributed by atoms with Crippen LogP contribution in [0.3, 0.4) is 0 Å². The van der Waals surface area contributed by atoms with Crippen LogP contribution < -0.4 is 0 Å². The van der Waals surface area contributed by atoms with Gasteiger partial charge in [-0.1, -0.05) is 37.0 Å². The van der Waals surface area contributed by atoms with Crippen LogP contribution in [0, 0.1) is 17.8 Å². The molecule has 0 aliphatic carbocycles. The maximum Gasteiger partial charge on any atom is 0.251 e. The van der Waals surface area contributed by atoms with E-state index in [1.54, 1.807) is 0 Å². The van der Waals surface area contributed by atoms with E-state index in [1.807, 2.05) is 40.1 Å². The molecule has 0 spiro atoms. The molecule has 2 amide bonds. The lowest BCUT2D eigenvalue weighted by Gasteiger charge is -2.34. The Kier molecular flexibility index (Phi) is 7.50. The second-order valence-electron chi connectivity index (χ2n) is 7.53. The van der Waals surface area contributed by atoms with Crippen molar-refractivity contribution in [2.75, 3.05) is 32.8 Å². The SMILES string of the molecule is CCCN(CC#Cc1ccccc1)C(=O)C1CCN(C(=O)[C@@H]2CCCO2)CC1. The number of nitrogens with zero attached hydrogens (tertiary/aromatic N) is 2. The monoisotopic (exact) mass is 382 g/mol. The van der Waals surface area contributed by atoms with E-state index < -0.39 is 0 Å². The minimum atomic E-state index is -0.267. The van der Waals surface area contributed by atoms with E-state index in [1.165, 1.54) is 0 Å². The number of carbonyl (C=O) groups excluding carboxylic acids is 2. The fraction of sp³-hybridized carbons (Fsp3) is 0.565. The van der Waals surface area contributed by atoms with Crippen molar-refractivity contribution in [2.45, 2.75) is 45.1 Å². The van der Waals surface area contributed by atoms with E-state index in [0.717, 1.165) is 44.2 Å². The van der Waals surface area contributed by atoms with Gasteiger partial charge < -0.3 is 14.5 Å². The average Bonchev–Trinajstić information content (AvgIpc) is 3.28. The number of carbonyl (C=O) groups is 2. The van der Waals surface area contributed by atoms with Gasteiger partial charge in [-0.05, 0) is 44.2 Å². The summed E-state index contributed by atoms with van der Waals surface area (Å²) < 4.78 is 5.51. The van der Waals surface area contributed by atoms with Gasteiger partial charge in [0.1, 0.15) is 6.10 Å². The molecule has 2 saturated heterocycles. The third kappa shape index (κ3) is 5.36.